The molecule has 2 aromatic carbocycles. The third-order valence-electron chi connectivity index (χ3n) is 6.37. The molecule has 3 rings (SSSR count). The summed E-state index contributed by atoms with van der Waals surface area (Å²) in [5.41, 5.74) is 4.74. The van der Waals surface area contributed by atoms with E-state index in [-0.39, 0.29) is 24.9 Å². The van der Waals surface area contributed by atoms with E-state index in [0.717, 1.165) is 19.3 Å². The van der Waals surface area contributed by atoms with Crippen LogP contribution in [-0.4, -0.2) is 55.5 Å². The SMILES string of the molecule is CO[C@H](C)[C@H](NC(=O)CCCCCCNC(=O)OCC1c2ccccc2-c2ccccc21)C(=O)O. The van der Waals surface area contributed by atoms with E-state index in [9.17, 15) is 19.5 Å². The maximum atomic E-state index is 12.2. The number of unbranched alkanes of at least 4 members (excludes halogenated alkanes) is 3. The van der Waals surface area contributed by atoms with Crippen LogP contribution in [-0.2, 0) is 19.1 Å². The summed E-state index contributed by atoms with van der Waals surface area (Å²) in [5, 5.41) is 14.5. The Morgan fingerprint density at radius 1 is 0.943 bits per heavy atom. The van der Waals surface area contributed by atoms with Gasteiger partial charge in [0.25, 0.3) is 0 Å². The van der Waals surface area contributed by atoms with Crippen molar-refractivity contribution in [3.05, 3.63) is 59.7 Å². The number of rotatable bonds is 13. The Bertz CT molecular complexity index is 979. The minimum atomic E-state index is -1.12. The fourth-order valence-corrected chi connectivity index (χ4v) is 4.37. The predicted molar refractivity (Wildman–Crippen MR) is 132 cm³/mol. The van der Waals surface area contributed by atoms with Gasteiger partial charge in [-0.3, -0.25) is 4.79 Å². The van der Waals surface area contributed by atoms with E-state index in [1.807, 2.05) is 24.3 Å². The average Bonchev–Trinajstić information content (AvgIpc) is 3.18. The standard InChI is InChI=1S/C27H34N2O6/c1-18(34-2)25(26(31)32)29-24(30)15-5-3-4-10-16-28-27(33)35-17-23-21-13-8-6-11-19(21)20-12-7-9-14-22(20)23/h6-9,11-14,18,23,25H,3-5,10,15-17H2,1-2H3,(H,28,33)(H,29,30)(H,31,32)/t18-,25+/m1/s1. The number of fused-ring (bicyclic) bond motifs is 3. The number of aliphatic carboxylic acids is 1. The van der Waals surface area contributed by atoms with E-state index in [1.165, 1.54) is 29.4 Å². The van der Waals surface area contributed by atoms with Gasteiger partial charge in [0, 0.05) is 26.0 Å². The quantitative estimate of drug-likeness (QED) is 0.371. The first-order valence-corrected chi connectivity index (χ1v) is 12.1. The summed E-state index contributed by atoms with van der Waals surface area (Å²) in [6.45, 7) is 2.38. The van der Waals surface area contributed by atoms with Crippen LogP contribution in [0.2, 0.25) is 0 Å². The molecule has 1 aliphatic carbocycles. The number of carboxylic acid groups (broad SMARTS) is 1. The molecule has 3 N–H and O–H groups in total. The summed E-state index contributed by atoms with van der Waals surface area (Å²) in [6.07, 6.45) is 2.26. The van der Waals surface area contributed by atoms with Crippen LogP contribution in [0.3, 0.4) is 0 Å². The number of alkyl carbamates (subject to hydrolysis) is 1. The zero-order valence-corrected chi connectivity index (χ0v) is 20.3. The van der Waals surface area contributed by atoms with Crippen molar-refractivity contribution < 1.29 is 29.0 Å². The molecule has 0 unspecified atom stereocenters. The molecule has 0 spiro atoms. The topological polar surface area (TPSA) is 114 Å². The molecule has 0 heterocycles. The summed E-state index contributed by atoms with van der Waals surface area (Å²) in [7, 11) is 1.41. The van der Waals surface area contributed by atoms with Crippen molar-refractivity contribution in [1.29, 1.82) is 0 Å². The Labute approximate surface area is 206 Å². The van der Waals surface area contributed by atoms with Crippen molar-refractivity contribution in [2.24, 2.45) is 0 Å². The molecule has 8 nitrogen and oxygen atoms in total. The highest BCUT2D eigenvalue weighted by Gasteiger charge is 2.29. The third kappa shape index (κ3) is 7.05. The number of carbonyl (C=O) groups is 3. The van der Waals surface area contributed by atoms with E-state index >= 15 is 0 Å². The monoisotopic (exact) mass is 482 g/mol. The molecule has 0 fully saturated rings. The Balaban J connectivity index is 1.30. The Morgan fingerprint density at radius 2 is 1.54 bits per heavy atom. The van der Waals surface area contributed by atoms with Gasteiger partial charge in [0.05, 0.1) is 6.10 Å². The first-order valence-electron chi connectivity index (χ1n) is 12.1. The number of amides is 2. The molecule has 0 radical (unpaired) electrons. The van der Waals surface area contributed by atoms with Crippen LogP contribution in [0, 0.1) is 0 Å². The molecule has 2 amide bonds. The second kappa shape index (κ2) is 12.9. The number of carbonyl (C=O) groups excluding carboxylic acids is 2. The molecule has 0 aliphatic heterocycles. The van der Waals surface area contributed by atoms with Gasteiger partial charge in [0.1, 0.15) is 6.61 Å². The van der Waals surface area contributed by atoms with Gasteiger partial charge in [0.2, 0.25) is 5.91 Å². The van der Waals surface area contributed by atoms with E-state index in [2.05, 4.69) is 34.9 Å². The van der Waals surface area contributed by atoms with Gasteiger partial charge in [-0.1, -0.05) is 61.4 Å². The van der Waals surface area contributed by atoms with Gasteiger partial charge in [-0.25, -0.2) is 9.59 Å². The van der Waals surface area contributed by atoms with Crippen LogP contribution in [0.1, 0.15) is 56.1 Å². The summed E-state index contributed by atoms with van der Waals surface area (Å²) >= 11 is 0. The average molecular weight is 483 g/mol. The fraction of sp³-hybridized carbons (Fsp3) is 0.444. The summed E-state index contributed by atoms with van der Waals surface area (Å²) < 4.78 is 10.5. The first kappa shape index (κ1) is 26.2. The lowest BCUT2D eigenvalue weighted by atomic mass is 9.98. The van der Waals surface area contributed by atoms with Crippen LogP contribution in [0.5, 0.6) is 0 Å². The molecule has 0 bridgehead atoms. The summed E-state index contributed by atoms with van der Waals surface area (Å²) in [5.74, 6) is -1.39. The van der Waals surface area contributed by atoms with Gasteiger partial charge in [-0.05, 0) is 42.0 Å². The van der Waals surface area contributed by atoms with Crippen molar-refractivity contribution in [3.63, 3.8) is 0 Å². The van der Waals surface area contributed by atoms with E-state index in [4.69, 9.17) is 9.47 Å². The minimum absolute atomic E-state index is 0.0342. The van der Waals surface area contributed by atoms with E-state index < -0.39 is 24.2 Å². The fourth-order valence-electron chi connectivity index (χ4n) is 4.37. The second-order valence-electron chi connectivity index (χ2n) is 8.74. The van der Waals surface area contributed by atoms with E-state index in [0.29, 0.717) is 13.0 Å². The van der Waals surface area contributed by atoms with Crippen molar-refractivity contribution in [2.45, 2.75) is 57.1 Å². The molecule has 2 aromatic rings. The van der Waals surface area contributed by atoms with Crippen LogP contribution >= 0.6 is 0 Å². The summed E-state index contributed by atoms with van der Waals surface area (Å²) in [4.78, 5) is 35.4. The Hall–Kier alpha value is -3.39. The predicted octanol–water partition coefficient (Wildman–Crippen LogP) is 4.08. The van der Waals surface area contributed by atoms with Crippen LogP contribution < -0.4 is 10.6 Å². The van der Waals surface area contributed by atoms with Crippen molar-refractivity contribution in [2.75, 3.05) is 20.3 Å². The smallest absolute Gasteiger partial charge is 0.407 e. The number of methoxy groups -OCH3 is 1. The second-order valence-corrected chi connectivity index (χ2v) is 8.74. The van der Waals surface area contributed by atoms with Crippen molar-refractivity contribution in [1.82, 2.24) is 10.6 Å². The van der Waals surface area contributed by atoms with Gasteiger partial charge >= 0.3 is 12.1 Å². The van der Waals surface area contributed by atoms with Gasteiger partial charge in [-0.15, -0.1) is 0 Å². The Kier molecular flexibility index (Phi) is 9.66. The molecular weight excluding hydrogens is 448 g/mol. The molecule has 0 aromatic heterocycles. The molecule has 35 heavy (non-hydrogen) atoms. The first-order chi connectivity index (χ1) is 16.9. The number of carboxylic acids is 1. The third-order valence-corrected chi connectivity index (χ3v) is 6.37. The van der Waals surface area contributed by atoms with Crippen LogP contribution in [0.4, 0.5) is 4.79 Å². The molecule has 0 saturated carbocycles. The largest absolute Gasteiger partial charge is 0.480 e. The highest BCUT2D eigenvalue weighted by molar-refractivity contribution is 5.84. The van der Waals surface area contributed by atoms with Crippen LogP contribution in [0.15, 0.2) is 48.5 Å². The lowest BCUT2D eigenvalue weighted by molar-refractivity contribution is -0.145. The number of benzene rings is 2. The number of nitrogens with one attached hydrogen (secondary N) is 2. The molecule has 8 heteroatoms. The summed E-state index contributed by atoms with van der Waals surface area (Å²) in [6, 6.07) is 15.4. The Morgan fingerprint density at radius 3 is 2.14 bits per heavy atom. The van der Waals surface area contributed by atoms with Gasteiger partial charge in [0.15, 0.2) is 6.04 Å². The number of ether oxygens (including phenoxy) is 2. The van der Waals surface area contributed by atoms with E-state index in [1.54, 1.807) is 6.92 Å². The number of hydrogen-bond acceptors (Lipinski definition) is 5. The molecule has 0 saturated heterocycles. The maximum Gasteiger partial charge on any atom is 0.407 e. The van der Waals surface area contributed by atoms with Gasteiger partial charge in [-0.2, -0.15) is 0 Å². The normalized spacial score (nSPS) is 13.9. The zero-order valence-electron chi connectivity index (χ0n) is 20.3. The highest BCUT2D eigenvalue weighted by Crippen LogP contribution is 2.44. The minimum Gasteiger partial charge on any atom is -0.480 e. The van der Waals surface area contributed by atoms with Crippen molar-refractivity contribution >= 4 is 18.0 Å². The van der Waals surface area contributed by atoms with Gasteiger partial charge < -0.3 is 25.2 Å². The maximum absolute atomic E-state index is 12.2. The van der Waals surface area contributed by atoms with Crippen LogP contribution in [0.25, 0.3) is 11.1 Å². The molecule has 188 valence electrons. The molecule has 2 atom stereocenters. The lowest BCUT2D eigenvalue weighted by Gasteiger charge is -2.20. The molecular formula is C27H34N2O6. The highest BCUT2D eigenvalue weighted by atomic mass is 16.5. The van der Waals surface area contributed by atoms with Crippen molar-refractivity contribution in [3.8, 4) is 11.1 Å². The lowest BCUT2D eigenvalue weighted by Crippen LogP contribution is -2.48. The zero-order chi connectivity index (χ0) is 25.2. The molecule has 1 aliphatic rings. The number of hydrogen-bond donors (Lipinski definition) is 3.